The second kappa shape index (κ2) is 8.85. The number of carbonyl (C=O) groups is 1. The van der Waals surface area contributed by atoms with E-state index in [1.165, 1.54) is 0 Å². The van der Waals surface area contributed by atoms with Gasteiger partial charge in [0.05, 0.1) is 12.5 Å². The van der Waals surface area contributed by atoms with Crippen LogP contribution in [0.2, 0.25) is 0 Å². The van der Waals surface area contributed by atoms with Gasteiger partial charge in [0, 0.05) is 32.4 Å². The number of likely N-dealkylation sites (tertiary alicyclic amines) is 1. The summed E-state index contributed by atoms with van der Waals surface area (Å²) in [5.74, 6) is 0.625. The van der Waals surface area contributed by atoms with Crippen molar-refractivity contribution in [1.29, 1.82) is 0 Å². The van der Waals surface area contributed by atoms with Gasteiger partial charge >= 0.3 is 0 Å². The van der Waals surface area contributed by atoms with E-state index in [4.69, 9.17) is 18.7 Å². The van der Waals surface area contributed by atoms with Crippen LogP contribution in [0, 0.1) is 0 Å². The van der Waals surface area contributed by atoms with E-state index in [2.05, 4.69) is 5.16 Å². The van der Waals surface area contributed by atoms with Crippen LogP contribution in [0.4, 0.5) is 0 Å². The summed E-state index contributed by atoms with van der Waals surface area (Å²) in [6.45, 7) is 5.94. The molecule has 1 aliphatic heterocycles. The monoisotopic (exact) mass is 328 g/mol. The van der Waals surface area contributed by atoms with Gasteiger partial charge in [-0.05, 0) is 25.4 Å². The molecule has 130 valence electrons. The summed E-state index contributed by atoms with van der Waals surface area (Å²) < 4.78 is 21.3. The van der Waals surface area contributed by atoms with Crippen LogP contribution in [-0.2, 0) is 20.7 Å². The number of rotatable bonds is 9. The van der Waals surface area contributed by atoms with Crippen LogP contribution in [0.1, 0.15) is 26.0 Å². The molecule has 1 aromatic rings. The first-order valence-corrected chi connectivity index (χ1v) is 7.89. The first-order chi connectivity index (χ1) is 11.1. The molecular weight excluding hydrogens is 304 g/mol. The third-order valence-corrected chi connectivity index (χ3v) is 3.45. The van der Waals surface area contributed by atoms with Crippen molar-refractivity contribution in [3.63, 3.8) is 0 Å². The first kappa shape index (κ1) is 17.7. The molecule has 8 nitrogen and oxygen atoms in total. The molecular formula is C15H24N2O6. The van der Waals surface area contributed by atoms with Crippen LogP contribution in [-0.4, -0.2) is 66.4 Å². The molecule has 8 heteroatoms. The summed E-state index contributed by atoms with van der Waals surface area (Å²) in [7, 11) is 0. The Hall–Kier alpha value is -1.64. The number of ether oxygens (including phenoxy) is 3. The minimum absolute atomic E-state index is 0.0919. The van der Waals surface area contributed by atoms with Gasteiger partial charge in [-0.25, -0.2) is 0 Å². The number of carbonyl (C=O) groups excluding carboxylic acids is 1. The standard InChI is InChI=1S/C15H24N2O6/c1-3-20-15(21-4-2)10-22-13-7-12(23-16-13)8-14(19)17-6-5-11(18)9-17/h7,11,15,18H,3-6,8-10H2,1-2H3. The van der Waals surface area contributed by atoms with Crippen molar-refractivity contribution in [3.8, 4) is 5.88 Å². The summed E-state index contributed by atoms with van der Waals surface area (Å²) in [5, 5.41) is 13.2. The van der Waals surface area contributed by atoms with Gasteiger partial charge in [-0.1, -0.05) is 0 Å². The van der Waals surface area contributed by atoms with E-state index in [1.54, 1.807) is 11.0 Å². The Labute approximate surface area is 135 Å². The topological polar surface area (TPSA) is 94.3 Å². The van der Waals surface area contributed by atoms with E-state index in [-0.39, 0.29) is 18.9 Å². The van der Waals surface area contributed by atoms with Crippen molar-refractivity contribution in [2.24, 2.45) is 0 Å². The second-order valence-corrected chi connectivity index (χ2v) is 5.24. The Morgan fingerprint density at radius 3 is 2.83 bits per heavy atom. The third-order valence-electron chi connectivity index (χ3n) is 3.45. The molecule has 2 heterocycles. The molecule has 1 unspecified atom stereocenters. The number of hydrogen-bond donors (Lipinski definition) is 1. The van der Waals surface area contributed by atoms with Crippen LogP contribution in [0.5, 0.6) is 5.88 Å². The number of amides is 1. The van der Waals surface area contributed by atoms with E-state index in [0.717, 1.165) is 0 Å². The van der Waals surface area contributed by atoms with Crippen molar-refractivity contribution in [1.82, 2.24) is 10.1 Å². The SMILES string of the molecule is CCOC(COc1cc(CC(=O)N2CCC(O)C2)on1)OCC. The maximum Gasteiger partial charge on any atom is 0.254 e. The maximum atomic E-state index is 12.1. The van der Waals surface area contributed by atoms with Gasteiger partial charge in [-0.15, -0.1) is 0 Å². The molecule has 1 aliphatic rings. The summed E-state index contributed by atoms with van der Waals surface area (Å²) in [6, 6.07) is 1.58. The molecule has 1 saturated heterocycles. The third kappa shape index (κ3) is 5.49. The molecule has 0 saturated carbocycles. The van der Waals surface area contributed by atoms with E-state index in [1.807, 2.05) is 13.8 Å². The highest BCUT2D eigenvalue weighted by Crippen LogP contribution is 2.16. The Bertz CT molecular complexity index is 486. The van der Waals surface area contributed by atoms with Crippen molar-refractivity contribution < 1.29 is 28.6 Å². The van der Waals surface area contributed by atoms with Crippen LogP contribution in [0.15, 0.2) is 10.6 Å². The van der Waals surface area contributed by atoms with Gasteiger partial charge in [0.1, 0.15) is 12.4 Å². The number of aromatic nitrogens is 1. The Morgan fingerprint density at radius 1 is 1.48 bits per heavy atom. The lowest BCUT2D eigenvalue weighted by Gasteiger charge is -2.16. The van der Waals surface area contributed by atoms with Gasteiger partial charge in [-0.2, -0.15) is 0 Å². The molecule has 1 amide bonds. The van der Waals surface area contributed by atoms with E-state index in [0.29, 0.717) is 44.4 Å². The molecule has 1 fully saturated rings. The minimum atomic E-state index is -0.460. The van der Waals surface area contributed by atoms with Crippen LogP contribution >= 0.6 is 0 Å². The molecule has 0 aromatic carbocycles. The zero-order chi connectivity index (χ0) is 16.7. The normalized spacial score (nSPS) is 17.9. The van der Waals surface area contributed by atoms with Gasteiger partial charge in [0.25, 0.3) is 5.88 Å². The quantitative estimate of drug-likeness (QED) is 0.663. The van der Waals surface area contributed by atoms with Gasteiger partial charge < -0.3 is 28.7 Å². The number of β-amino-alcohol motifs (C(OH)–C–C–N with tert-alkyl or cyclic N) is 1. The predicted octanol–water partition coefficient (Wildman–Crippen LogP) is 0.588. The lowest BCUT2D eigenvalue weighted by molar-refractivity contribution is -0.152. The molecule has 2 rings (SSSR count). The number of hydrogen-bond acceptors (Lipinski definition) is 7. The molecule has 1 aromatic heterocycles. The van der Waals surface area contributed by atoms with Crippen molar-refractivity contribution >= 4 is 5.91 Å². The molecule has 1 atom stereocenters. The van der Waals surface area contributed by atoms with Gasteiger partial charge in [-0.3, -0.25) is 4.79 Å². The van der Waals surface area contributed by atoms with Crippen molar-refractivity contribution in [2.75, 3.05) is 32.9 Å². The fourth-order valence-corrected chi connectivity index (χ4v) is 2.34. The maximum absolute atomic E-state index is 12.1. The fourth-order valence-electron chi connectivity index (χ4n) is 2.34. The highest BCUT2D eigenvalue weighted by Gasteiger charge is 2.25. The number of nitrogens with zero attached hydrogens (tertiary/aromatic N) is 2. The van der Waals surface area contributed by atoms with Crippen LogP contribution < -0.4 is 4.74 Å². The largest absolute Gasteiger partial charge is 0.470 e. The van der Waals surface area contributed by atoms with Gasteiger partial charge in [0.15, 0.2) is 6.29 Å². The predicted molar refractivity (Wildman–Crippen MR) is 79.9 cm³/mol. The smallest absolute Gasteiger partial charge is 0.254 e. The minimum Gasteiger partial charge on any atom is -0.470 e. The van der Waals surface area contributed by atoms with Crippen LogP contribution in [0.3, 0.4) is 0 Å². The molecule has 0 radical (unpaired) electrons. The summed E-state index contributed by atoms with van der Waals surface area (Å²) in [5.41, 5.74) is 0. The lowest BCUT2D eigenvalue weighted by atomic mass is 10.3. The van der Waals surface area contributed by atoms with Gasteiger partial charge in [0.2, 0.25) is 5.91 Å². The highest BCUT2D eigenvalue weighted by molar-refractivity contribution is 5.78. The average Bonchev–Trinajstić information content (AvgIpc) is 3.14. The molecule has 0 spiro atoms. The van der Waals surface area contributed by atoms with E-state index >= 15 is 0 Å². The first-order valence-electron chi connectivity index (χ1n) is 7.89. The molecule has 23 heavy (non-hydrogen) atoms. The fraction of sp³-hybridized carbons (Fsp3) is 0.733. The van der Waals surface area contributed by atoms with Crippen LogP contribution in [0.25, 0.3) is 0 Å². The zero-order valence-corrected chi connectivity index (χ0v) is 13.6. The molecule has 1 N–H and O–H groups in total. The lowest BCUT2D eigenvalue weighted by Crippen LogP contribution is -2.30. The Kier molecular flexibility index (Phi) is 6.82. The molecule has 0 bridgehead atoms. The second-order valence-electron chi connectivity index (χ2n) is 5.24. The Morgan fingerprint density at radius 2 is 2.22 bits per heavy atom. The average molecular weight is 328 g/mol. The number of aliphatic hydroxyl groups is 1. The molecule has 0 aliphatic carbocycles. The number of aliphatic hydroxyl groups excluding tert-OH is 1. The summed E-state index contributed by atoms with van der Waals surface area (Å²) in [6.07, 6.45) is -0.171. The summed E-state index contributed by atoms with van der Waals surface area (Å²) >= 11 is 0. The Balaban J connectivity index is 1.79. The highest BCUT2D eigenvalue weighted by atomic mass is 16.7. The van der Waals surface area contributed by atoms with E-state index in [9.17, 15) is 9.90 Å². The van der Waals surface area contributed by atoms with E-state index < -0.39 is 12.4 Å². The van der Waals surface area contributed by atoms with Crippen molar-refractivity contribution in [3.05, 3.63) is 11.8 Å². The van der Waals surface area contributed by atoms with Crippen molar-refractivity contribution in [2.45, 2.75) is 39.1 Å². The summed E-state index contributed by atoms with van der Waals surface area (Å²) in [4.78, 5) is 13.7. The zero-order valence-electron chi connectivity index (χ0n) is 13.6.